The second kappa shape index (κ2) is 10.1. The number of hydrogen-bond donors (Lipinski definition) is 3. The van der Waals surface area contributed by atoms with Gasteiger partial charge in [0.1, 0.15) is 17.2 Å². The van der Waals surface area contributed by atoms with Crippen LogP contribution in [0.5, 0.6) is 11.6 Å². The SMILES string of the molecule is CNc1cncc(-c2c[nH]c3nc(Nc4ccc(N5CCOCC5)cc4)nc(Oc4ccccc4)c23)n1. The van der Waals surface area contributed by atoms with Crippen LogP contribution in [0.25, 0.3) is 22.3 Å². The van der Waals surface area contributed by atoms with Gasteiger partial charge < -0.3 is 30.0 Å². The second-order valence-electron chi connectivity index (χ2n) is 8.50. The molecule has 10 nitrogen and oxygen atoms in total. The Balaban J connectivity index is 1.36. The van der Waals surface area contributed by atoms with Crippen molar-refractivity contribution in [3.05, 3.63) is 73.2 Å². The predicted molar refractivity (Wildman–Crippen MR) is 144 cm³/mol. The minimum absolute atomic E-state index is 0.413. The van der Waals surface area contributed by atoms with E-state index in [-0.39, 0.29) is 0 Å². The van der Waals surface area contributed by atoms with E-state index in [1.807, 2.05) is 55.7 Å². The maximum Gasteiger partial charge on any atom is 0.234 e. The third-order valence-corrected chi connectivity index (χ3v) is 6.12. The van der Waals surface area contributed by atoms with Gasteiger partial charge in [-0.05, 0) is 36.4 Å². The number of aromatic amines is 1. The number of benzene rings is 2. The van der Waals surface area contributed by atoms with E-state index in [9.17, 15) is 0 Å². The van der Waals surface area contributed by atoms with Crippen molar-refractivity contribution in [1.82, 2.24) is 24.9 Å². The number of hydrogen-bond acceptors (Lipinski definition) is 9. The van der Waals surface area contributed by atoms with Gasteiger partial charge in [0.2, 0.25) is 11.8 Å². The van der Waals surface area contributed by atoms with Crippen LogP contribution in [0.3, 0.4) is 0 Å². The molecule has 0 atom stereocenters. The molecule has 1 fully saturated rings. The molecule has 1 aliphatic rings. The largest absolute Gasteiger partial charge is 0.438 e. The topological polar surface area (TPSA) is 113 Å². The zero-order chi connectivity index (χ0) is 25.0. The lowest BCUT2D eigenvalue weighted by atomic mass is 10.2. The Morgan fingerprint density at radius 2 is 1.76 bits per heavy atom. The van der Waals surface area contributed by atoms with Crippen LogP contribution in [0.2, 0.25) is 0 Å². The molecule has 3 aromatic heterocycles. The predicted octanol–water partition coefficient (Wildman–Crippen LogP) is 4.83. The molecule has 3 N–H and O–H groups in total. The Kier molecular flexibility index (Phi) is 6.22. The van der Waals surface area contributed by atoms with Gasteiger partial charge in [0.05, 0.1) is 36.7 Å². The number of para-hydroxylation sites is 1. The number of nitrogens with one attached hydrogen (secondary N) is 3. The van der Waals surface area contributed by atoms with E-state index in [0.29, 0.717) is 34.7 Å². The van der Waals surface area contributed by atoms with E-state index in [1.54, 1.807) is 12.4 Å². The Bertz CT molecular complexity index is 1500. The maximum absolute atomic E-state index is 6.25. The van der Waals surface area contributed by atoms with Crippen molar-refractivity contribution in [2.75, 3.05) is 48.9 Å². The highest BCUT2D eigenvalue weighted by Crippen LogP contribution is 2.36. The molecule has 1 saturated heterocycles. The summed E-state index contributed by atoms with van der Waals surface area (Å²) in [5, 5.41) is 7.07. The summed E-state index contributed by atoms with van der Waals surface area (Å²) < 4.78 is 11.7. The maximum atomic E-state index is 6.25. The summed E-state index contributed by atoms with van der Waals surface area (Å²) in [6, 6.07) is 17.8. The molecule has 2 aromatic carbocycles. The van der Waals surface area contributed by atoms with Crippen LogP contribution in [-0.2, 0) is 4.74 Å². The lowest BCUT2D eigenvalue weighted by Crippen LogP contribution is -2.36. The van der Waals surface area contributed by atoms with Crippen molar-refractivity contribution in [3.63, 3.8) is 0 Å². The van der Waals surface area contributed by atoms with Gasteiger partial charge >= 0.3 is 0 Å². The van der Waals surface area contributed by atoms with Gasteiger partial charge in [0.15, 0.2) is 0 Å². The standard InChI is InChI=1S/C27H26N8O2/c1-28-23-17-29-16-22(32-23)21-15-30-25-24(21)26(37-20-5-3-2-4-6-20)34-27(33-25)31-18-7-9-19(10-8-18)35-11-13-36-14-12-35/h2-10,15-17H,11-14H2,1H3,(H,28,32)(H2,30,31,33,34). The fourth-order valence-electron chi connectivity index (χ4n) is 4.25. The smallest absolute Gasteiger partial charge is 0.234 e. The minimum Gasteiger partial charge on any atom is -0.438 e. The summed E-state index contributed by atoms with van der Waals surface area (Å²) in [6.45, 7) is 3.29. The monoisotopic (exact) mass is 494 g/mol. The average Bonchev–Trinajstić information content (AvgIpc) is 3.39. The van der Waals surface area contributed by atoms with Crippen LogP contribution in [-0.4, -0.2) is 58.3 Å². The molecule has 0 amide bonds. The van der Waals surface area contributed by atoms with Crippen LogP contribution in [0.1, 0.15) is 0 Å². The van der Waals surface area contributed by atoms with E-state index in [1.165, 1.54) is 0 Å². The van der Waals surface area contributed by atoms with Gasteiger partial charge in [-0.25, -0.2) is 4.98 Å². The van der Waals surface area contributed by atoms with Crippen molar-refractivity contribution < 1.29 is 9.47 Å². The second-order valence-corrected chi connectivity index (χ2v) is 8.50. The lowest BCUT2D eigenvalue weighted by Gasteiger charge is -2.28. The molecule has 10 heteroatoms. The van der Waals surface area contributed by atoms with Crippen molar-refractivity contribution in [3.8, 4) is 22.9 Å². The number of nitrogens with zero attached hydrogens (tertiary/aromatic N) is 5. The summed E-state index contributed by atoms with van der Waals surface area (Å²) in [7, 11) is 1.81. The minimum atomic E-state index is 0.413. The van der Waals surface area contributed by atoms with Crippen LogP contribution >= 0.6 is 0 Å². The van der Waals surface area contributed by atoms with Gasteiger partial charge in [0, 0.05) is 43.3 Å². The van der Waals surface area contributed by atoms with Crippen molar-refractivity contribution in [2.45, 2.75) is 0 Å². The zero-order valence-electron chi connectivity index (χ0n) is 20.3. The average molecular weight is 495 g/mol. The number of rotatable bonds is 7. The highest BCUT2D eigenvalue weighted by Gasteiger charge is 2.19. The molecular formula is C27H26N8O2. The normalized spacial score (nSPS) is 13.5. The summed E-state index contributed by atoms with van der Waals surface area (Å²) in [4.78, 5) is 24.0. The van der Waals surface area contributed by atoms with Gasteiger partial charge in [-0.3, -0.25) is 4.98 Å². The van der Waals surface area contributed by atoms with Gasteiger partial charge in [-0.1, -0.05) is 18.2 Å². The lowest BCUT2D eigenvalue weighted by molar-refractivity contribution is 0.122. The van der Waals surface area contributed by atoms with Crippen molar-refractivity contribution in [1.29, 1.82) is 0 Å². The van der Waals surface area contributed by atoms with Crippen molar-refractivity contribution in [2.24, 2.45) is 0 Å². The van der Waals surface area contributed by atoms with Crippen LogP contribution in [0.4, 0.5) is 23.1 Å². The molecule has 1 aliphatic heterocycles. The Morgan fingerprint density at radius 3 is 2.54 bits per heavy atom. The number of H-pyrrole nitrogens is 1. The Hall–Kier alpha value is -4.70. The first kappa shape index (κ1) is 22.7. The first-order valence-electron chi connectivity index (χ1n) is 12.1. The Labute approximate surface area is 213 Å². The molecule has 4 heterocycles. The molecule has 0 aliphatic carbocycles. The molecule has 6 rings (SSSR count). The summed E-state index contributed by atoms with van der Waals surface area (Å²) in [6.07, 6.45) is 5.22. The van der Waals surface area contributed by atoms with E-state index in [2.05, 4.69) is 42.6 Å². The number of fused-ring (bicyclic) bond motifs is 1. The van der Waals surface area contributed by atoms with Gasteiger partial charge in [-0.2, -0.15) is 9.97 Å². The number of aromatic nitrogens is 5. The first-order valence-corrected chi connectivity index (χ1v) is 12.1. The van der Waals surface area contributed by atoms with Crippen LogP contribution in [0.15, 0.2) is 73.2 Å². The van der Waals surface area contributed by atoms with Gasteiger partial charge in [-0.15, -0.1) is 0 Å². The van der Waals surface area contributed by atoms with Crippen molar-refractivity contribution >= 4 is 34.2 Å². The first-order chi connectivity index (χ1) is 18.3. The molecule has 0 radical (unpaired) electrons. The summed E-state index contributed by atoms with van der Waals surface area (Å²) in [5.74, 6) is 2.17. The summed E-state index contributed by atoms with van der Waals surface area (Å²) >= 11 is 0. The number of morpholine rings is 1. The highest BCUT2D eigenvalue weighted by atomic mass is 16.5. The van der Waals surface area contributed by atoms with E-state index in [0.717, 1.165) is 48.6 Å². The fourth-order valence-corrected chi connectivity index (χ4v) is 4.25. The zero-order valence-corrected chi connectivity index (χ0v) is 20.3. The highest BCUT2D eigenvalue weighted by molar-refractivity contribution is 5.97. The quantitative estimate of drug-likeness (QED) is 0.293. The molecule has 0 saturated carbocycles. The van der Waals surface area contributed by atoms with Crippen LogP contribution < -0.4 is 20.3 Å². The molecule has 0 unspecified atom stereocenters. The molecule has 5 aromatic rings. The number of anilines is 4. The van der Waals surface area contributed by atoms with E-state index < -0.39 is 0 Å². The Morgan fingerprint density at radius 1 is 0.946 bits per heavy atom. The third kappa shape index (κ3) is 4.87. The molecule has 0 bridgehead atoms. The third-order valence-electron chi connectivity index (χ3n) is 6.12. The number of ether oxygens (including phenoxy) is 2. The van der Waals surface area contributed by atoms with Crippen LogP contribution in [0, 0.1) is 0 Å². The molecule has 186 valence electrons. The van der Waals surface area contributed by atoms with Gasteiger partial charge in [0.25, 0.3) is 0 Å². The molecule has 37 heavy (non-hydrogen) atoms. The fraction of sp³-hybridized carbons (Fsp3) is 0.185. The summed E-state index contributed by atoms with van der Waals surface area (Å²) in [5.41, 5.74) is 4.14. The van der Waals surface area contributed by atoms with E-state index in [4.69, 9.17) is 19.4 Å². The molecular weight excluding hydrogens is 468 g/mol. The van der Waals surface area contributed by atoms with E-state index >= 15 is 0 Å². The molecule has 0 spiro atoms.